The van der Waals surface area contributed by atoms with E-state index >= 15 is 0 Å². The van der Waals surface area contributed by atoms with Crippen molar-refractivity contribution in [2.45, 2.75) is 86.5 Å². The van der Waals surface area contributed by atoms with E-state index in [2.05, 4.69) is 9.97 Å². The number of aromatic nitrogens is 2. The van der Waals surface area contributed by atoms with Crippen LogP contribution in [0.5, 0.6) is 0 Å². The summed E-state index contributed by atoms with van der Waals surface area (Å²) in [6.07, 6.45) is 13.7. The van der Waals surface area contributed by atoms with Crippen LogP contribution in [-0.4, -0.2) is 38.0 Å². The number of aromatic amines is 1. The number of carbonyl (C=O) groups is 1. The maximum atomic E-state index is 13.6. The fourth-order valence-electron chi connectivity index (χ4n) is 5.27. The van der Waals surface area contributed by atoms with Gasteiger partial charge in [0, 0.05) is 12.1 Å². The molecule has 6 rings (SSSR count). The number of nitrogens with one attached hydrogen (secondary N) is 1. The zero-order chi connectivity index (χ0) is 23.6. The molecule has 0 bridgehead atoms. The van der Waals surface area contributed by atoms with Gasteiger partial charge in [-0.15, -0.1) is 0 Å². The molecule has 3 aliphatic rings. The van der Waals surface area contributed by atoms with Crippen LogP contribution < -0.4 is 0 Å². The molecule has 1 N–H and O–H groups in total. The van der Waals surface area contributed by atoms with Crippen molar-refractivity contribution >= 4 is 51.7 Å². The third kappa shape index (κ3) is 5.09. The second kappa shape index (κ2) is 10.3. The Balaban J connectivity index is 1.22. The number of thioether (sulfide) groups is 1. The number of aliphatic imine (C=N–C) groups is 1. The molecule has 6 nitrogen and oxygen atoms in total. The Morgan fingerprint density at radius 2 is 1.80 bits per heavy atom. The summed E-state index contributed by atoms with van der Waals surface area (Å²) in [6.45, 7) is 0. The van der Waals surface area contributed by atoms with Gasteiger partial charge in [-0.2, -0.15) is 0 Å². The van der Waals surface area contributed by atoms with Crippen molar-refractivity contribution < 1.29 is 9.21 Å². The maximum Gasteiger partial charge on any atom is 0.267 e. The molecule has 3 aromatic rings. The molecule has 2 saturated carbocycles. The molecule has 0 spiro atoms. The number of H-pyrrole nitrogens is 1. The van der Waals surface area contributed by atoms with Gasteiger partial charge < -0.3 is 9.40 Å². The highest BCUT2D eigenvalue weighted by molar-refractivity contribution is 8.18. The molecular formula is C27H30N4O2S2. The normalized spacial score (nSPS) is 22.7. The molecule has 1 aliphatic heterocycles. The molecule has 0 radical (unpaired) electrons. The van der Waals surface area contributed by atoms with E-state index in [1.54, 1.807) is 0 Å². The van der Waals surface area contributed by atoms with E-state index in [9.17, 15) is 4.79 Å². The van der Waals surface area contributed by atoms with Crippen molar-refractivity contribution in [2.24, 2.45) is 4.99 Å². The lowest BCUT2D eigenvalue weighted by molar-refractivity contribution is -0.124. The van der Waals surface area contributed by atoms with Gasteiger partial charge >= 0.3 is 0 Å². The first-order valence-corrected chi connectivity index (χ1v) is 14.4. The number of hydrogen-bond acceptors (Lipinski definition) is 6. The van der Waals surface area contributed by atoms with Crippen LogP contribution in [0.1, 0.15) is 70.0 Å². The van der Waals surface area contributed by atoms with Crippen LogP contribution in [0, 0.1) is 0 Å². The molecule has 2 aliphatic carbocycles. The highest BCUT2D eigenvalue weighted by Gasteiger charge is 2.39. The van der Waals surface area contributed by atoms with Gasteiger partial charge in [-0.1, -0.05) is 50.7 Å². The van der Waals surface area contributed by atoms with Crippen molar-refractivity contribution in [3.8, 4) is 0 Å². The van der Waals surface area contributed by atoms with E-state index in [0.29, 0.717) is 16.7 Å². The summed E-state index contributed by atoms with van der Waals surface area (Å²) in [4.78, 5) is 29.3. The Labute approximate surface area is 214 Å². The number of hydrogen-bond donors (Lipinski definition) is 1. The van der Waals surface area contributed by atoms with Crippen molar-refractivity contribution in [2.75, 3.05) is 0 Å². The number of amides is 1. The molecule has 0 atom stereocenters. The van der Waals surface area contributed by atoms with E-state index < -0.39 is 0 Å². The highest BCUT2D eigenvalue weighted by atomic mass is 32.2. The second-order valence-corrected chi connectivity index (χ2v) is 11.6. The monoisotopic (exact) mass is 506 g/mol. The number of amidine groups is 1. The van der Waals surface area contributed by atoms with Gasteiger partial charge in [-0.05, 0) is 73.5 Å². The van der Waals surface area contributed by atoms with Crippen molar-refractivity contribution in [1.29, 1.82) is 0 Å². The van der Waals surface area contributed by atoms with Crippen molar-refractivity contribution in [3.63, 3.8) is 0 Å². The zero-order valence-electron chi connectivity index (χ0n) is 19.7. The summed E-state index contributed by atoms with van der Waals surface area (Å²) in [5.74, 6) is 0.765. The molecule has 1 amide bonds. The lowest BCUT2D eigenvalue weighted by Gasteiger charge is -2.31. The summed E-state index contributed by atoms with van der Waals surface area (Å²) in [7, 11) is 0. The van der Waals surface area contributed by atoms with Crippen LogP contribution in [0.4, 0.5) is 0 Å². The van der Waals surface area contributed by atoms with Gasteiger partial charge in [0.25, 0.3) is 5.91 Å². The zero-order valence-corrected chi connectivity index (χ0v) is 21.4. The van der Waals surface area contributed by atoms with Gasteiger partial charge in [0.1, 0.15) is 5.76 Å². The molecule has 0 unspecified atom stereocenters. The number of fused-ring (bicyclic) bond motifs is 1. The smallest absolute Gasteiger partial charge is 0.267 e. The Bertz CT molecular complexity index is 1230. The maximum absolute atomic E-state index is 13.6. The summed E-state index contributed by atoms with van der Waals surface area (Å²) >= 11 is 2.98. The number of nitrogens with zero attached hydrogens (tertiary/aromatic N) is 3. The average molecular weight is 507 g/mol. The molecule has 3 fully saturated rings. The van der Waals surface area contributed by atoms with Crippen molar-refractivity contribution in [1.82, 2.24) is 14.9 Å². The molecule has 3 heterocycles. The minimum Gasteiger partial charge on any atom is -0.450 e. The predicted octanol–water partition coefficient (Wildman–Crippen LogP) is 7.24. The van der Waals surface area contributed by atoms with Gasteiger partial charge in [0.2, 0.25) is 0 Å². The van der Waals surface area contributed by atoms with E-state index in [4.69, 9.17) is 9.41 Å². The third-order valence-electron chi connectivity index (χ3n) is 7.08. The summed E-state index contributed by atoms with van der Waals surface area (Å²) in [5.41, 5.74) is 1.94. The molecule has 35 heavy (non-hydrogen) atoms. The topological polar surface area (TPSA) is 74.5 Å². The standard InChI is InChI=1S/C27H30N4O2S2/c32-25-23(17-20-15-16-24(33-20)35-26-29-21-13-7-8-14-22(21)30-26)34-27(28-18-9-3-1-4-10-18)31(25)19-11-5-2-6-12-19/h7-8,13-19H,1-6,9-12H2,(H,29,30)/b23-17-,28-27?. The second-order valence-electron chi connectivity index (χ2n) is 9.60. The van der Waals surface area contributed by atoms with E-state index in [0.717, 1.165) is 52.1 Å². The van der Waals surface area contributed by atoms with Crippen LogP contribution >= 0.6 is 23.5 Å². The first-order valence-electron chi connectivity index (χ1n) is 12.8. The average Bonchev–Trinajstić information content (AvgIpc) is 3.58. The minimum atomic E-state index is 0.0827. The van der Waals surface area contributed by atoms with Gasteiger partial charge in [0.15, 0.2) is 15.4 Å². The highest BCUT2D eigenvalue weighted by Crippen LogP contribution is 2.39. The lowest BCUT2D eigenvalue weighted by atomic mass is 9.94. The van der Waals surface area contributed by atoms with Crippen molar-refractivity contribution in [3.05, 3.63) is 47.1 Å². The first kappa shape index (κ1) is 23.0. The largest absolute Gasteiger partial charge is 0.450 e. The summed E-state index contributed by atoms with van der Waals surface area (Å²) in [6, 6.07) is 12.4. The summed E-state index contributed by atoms with van der Waals surface area (Å²) < 4.78 is 6.06. The number of imidazole rings is 1. The number of carbonyl (C=O) groups excluding carboxylic acids is 1. The number of benzene rings is 1. The van der Waals surface area contributed by atoms with Gasteiger partial charge in [0.05, 0.1) is 22.0 Å². The fourth-order valence-corrected chi connectivity index (χ4v) is 7.13. The molecular weight excluding hydrogens is 476 g/mol. The Kier molecular flexibility index (Phi) is 6.74. The van der Waals surface area contributed by atoms with E-state index in [1.807, 2.05) is 47.4 Å². The molecule has 1 saturated heterocycles. The van der Waals surface area contributed by atoms with Crippen LogP contribution in [0.2, 0.25) is 0 Å². The summed E-state index contributed by atoms with van der Waals surface area (Å²) in [5, 5.41) is 2.44. The Morgan fingerprint density at radius 3 is 2.60 bits per heavy atom. The van der Waals surface area contributed by atoms with E-state index in [1.165, 1.54) is 62.0 Å². The Morgan fingerprint density at radius 1 is 1.03 bits per heavy atom. The van der Waals surface area contributed by atoms with Gasteiger partial charge in [-0.25, -0.2) is 4.98 Å². The number of para-hydroxylation sites is 2. The van der Waals surface area contributed by atoms with Crippen LogP contribution in [-0.2, 0) is 4.79 Å². The fraction of sp³-hybridized carbons (Fsp3) is 0.444. The molecule has 2 aromatic heterocycles. The minimum absolute atomic E-state index is 0.0827. The quantitative estimate of drug-likeness (QED) is 0.369. The van der Waals surface area contributed by atoms with Crippen LogP contribution in [0.25, 0.3) is 17.1 Å². The third-order valence-corrected chi connectivity index (χ3v) is 8.89. The predicted molar refractivity (Wildman–Crippen MR) is 143 cm³/mol. The SMILES string of the molecule is O=C1/C(=C/c2ccc(Sc3nc4ccccc4[nH]3)o2)SC(=NC2CCCCC2)N1C1CCCCC1. The lowest BCUT2D eigenvalue weighted by Crippen LogP contribution is -2.41. The molecule has 182 valence electrons. The number of furan rings is 1. The van der Waals surface area contributed by atoms with E-state index in [-0.39, 0.29) is 11.9 Å². The molecule has 8 heteroatoms. The van der Waals surface area contributed by atoms with Crippen LogP contribution in [0.3, 0.4) is 0 Å². The molecule has 1 aromatic carbocycles. The Hall–Kier alpha value is -2.45. The number of rotatable bonds is 5. The first-order chi connectivity index (χ1) is 17.2. The van der Waals surface area contributed by atoms with Gasteiger partial charge in [-0.3, -0.25) is 14.7 Å². The van der Waals surface area contributed by atoms with Crippen LogP contribution in [0.15, 0.2) is 61.0 Å².